The normalized spacial score (nSPS) is 11.2. The third kappa shape index (κ3) is 5.86. The number of hydrogen-bond acceptors (Lipinski definition) is 4. The Morgan fingerprint density at radius 2 is 2.08 bits per heavy atom. The molecule has 0 radical (unpaired) electrons. The summed E-state index contributed by atoms with van der Waals surface area (Å²) in [6.07, 6.45) is -2.86. The number of hydrogen-bond donors (Lipinski definition) is 2. The monoisotopic (exact) mass is 342 g/mol. The molecule has 0 bridgehead atoms. The first-order valence-electron chi connectivity index (χ1n) is 7.16. The van der Waals surface area contributed by atoms with Crippen LogP contribution in [-0.4, -0.2) is 25.2 Å². The van der Waals surface area contributed by atoms with E-state index < -0.39 is 12.8 Å². The predicted molar refractivity (Wildman–Crippen MR) is 81.8 cm³/mol. The minimum Gasteiger partial charge on any atom is -0.484 e. The lowest BCUT2D eigenvalue weighted by atomic mass is 10.2. The zero-order valence-corrected chi connectivity index (χ0v) is 12.9. The SMILES string of the molecule is Cc1cc(NCC(=O)NCc2ccco2)ccc1OCC(F)(F)F. The van der Waals surface area contributed by atoms with Crippen LogP contribution >= 0.6 is 0 Å². The fourth-order valence-corrected chi connectivity index (χ4v) is 1.92. The number of halogens is 3. The van der Waals surface area contributed by atoms with Gasteiger partial charge >= 0.3 is 6.18 Å². The van der Waals surface area contributed by atoms with Crippen LogP contribution in [0.1, 0.15) is 11.3 Å². The molecule has 0 aliphatic carbocycles. The first-order chi connectivity index (χ1) is 11.3. The third-order valence-electron chi connectivity index (χ3n) is 3.06. The molecule has 0 aliphatic rings. The molecule has 1 heterocycles. The number of rotatable bonds is 7. The van der Waals surface area contributed by atoms with E-state index in [1.165, 1.54) is 12.3 Å². The van der Waals surface area contributed by atoms with Crippen LogP contribution in [0.5, 0.6) is 5.75 Å². The minimum atomic E-state index is -4.38. The van der Waals surface area contributed by atoms with Crippen LogP contribution in [-0.2, 0) is 11.3 Å². The Balaban J connectivity index is 1.80. The van der Waals surface area contributed by atoms with Gasteiger partial charge in [-0.25, -0.2) is 0 Å². The summed E-state index contributed by atoms with van der Waals surface area (Å²) in [7, 11) is 0. The standard InChI is InChI=1S/C16H17F3N2O3/c1-11-7-12(4-5-14(11)24-10-16(17,18)19)20-9-15(22)21-8-13-3-2-6-23-13/h2-7,20H,8-10H2,1H3,(H,21,22). The maximum atomic E-state index is 12.1. The zero-order chi connectivity index (χ0) is 17.6. The molecule has 5 nitrogen and oxygen atoms in total. The van der Waals surface area contributed by atoms with Crippen molar-refractivity contribution in [3.05, 3.63) is 47.9 Å². The van der Waals surface area contributed by atoms with Crippen LogP contribution in [0.4, 0.5) is 18.9 Å². The molecule has 1 aromatic carbocycles. The first kappa shape index (κ1) is 17.7. The van der Waals surface area contributed by atoms with Crippen LogP contribution in [0, 0.1) is 6.92 Å². The molecule has 24 heavy (non-hydrogen) atoms. The van der Waals surface area contributed by atoms with Gasteiger partial charge in [-0.1, -0.05) is 0 Å². The number of benzene rings is 1. The molecule has 2 N–H and O–H groups in total. The van der Waals surface area contributed by atoms with Gasteiger partial charge < -0.3 is 19.8 Å². The lowest BCUT2D eigenvalue weighted by Gasteiger charge is -2.13. The maximum Gasteiger partial charge on any atom is 0.422 e. The summed E-state index contributed by atoms with van der Waals surface area (Å²) in [5, 5.41) is 5.57. The quantitative estimate of drug-likeness (QED) is 0.811. The number of anilines is 1. The highest BCUT2D eigenvalue weighted by molar-refractivity contribution is 5.80. The Labute approximate surface area is 136 Å². The summed E-state index contributed by atoms with van der Waals surface area (Å²) in [6.45, 7) is 0.614. The average Bonchev–Trinajstić information content (AvgIpc) is 3.02. The molecule has 1 amide bonds. The number of alkyl halides is 3. The number of amides is 1. The summed E-state index contributed by atoms with van der Waals surface area (Å²) in [5.41, 5.74) is 1.15. The maximum absolute atomic E-state index is 12.1. The van der Waals surface area contributed by atoms with E-state index in [4.69, 9.17) is 9.15 Å². The highest BCUT2D eigenvalue weighted by Crippen LogP contribution is 2.24. The van der Waals surface area contributed by atoms with Crippen molar-refractivity contribution in [1.29, 1.82) is 0 Å². The molecule has 0 aliphatic heterocycles. The minimum absolute atomic E-state index is 0.0307. The molecular formula is C16H17F3N2O3. The van der Waals surface area contributed by atoms with E-state index in [1.807, 2.05) is 0 Å². The summed E-state index contributed by atoms with van der Waals surface area (Å²) >= 11 is 0. The molecule has 8 heteroatoms. The number of nitrogens with one attached hydrogen (secondary N) is 2. The predicted octanol–water partition coefficient (Wildman–Crippen LogP) is 3.26. The molecule has 0 saturated heterocycles. The zero-order valence-electron chi connectivity index (χ0n) is 12.9. The van der Waals surface area contributed by atoms with Gasteiger partial charge in [-0.2, -0.15) is 13.2 Å². The Hall–Kier alpha value is -2.64. The van der Waals surface area contributed by atoms with E-state index in [0.717, 1.165) is 0 Å². The van der Waals surface area contributed by atoms with Gasteiger partial charge in [0.05, 0.1) is 19.4 Å². The van der Waals surface area contributed by atoms with Crippen LogP contribution in [0.15, 0.2) is 41.0 Å². The summed E-state index contributed by atoms with van der Waals surface area (Å²) < 4.78 is 46.3. The molecule has 0 spiro atoms. The van der Waals surface area contributed by atoms with Gasteiger partial charge in [0.25, 0.3) is 0 Å². The number of ether oxygens (including phenoxy) is 1. The van der Waals surface area contributed by atoms with Crippen LogP contribution in [0.2, 0.25) is 0 Å². The van der Waals surface area contributed by atoms with Crippen LogP contribution in [0.3, 0.4) is 0 Å². The van der Waals surface area contributed by atoms with E-state index in [2.05, 4.69) is 10.6 Å². The van der Waals surface area contributed by atoms with Gasteiger partial charge in [-0.15, -0.1) is 0 Å². The van der Waals surface area contributed by atoms with Crippen LogP contribution < -0.4 is 15.4 Å². The molecule has 2 aromatic rings. The lowest BCUT2D eigenvalue weighted by Crippen LogP contribution is -2.29. The second-order valence-corrected chi connectivity index (χ2v) is 5.09. The van der Waals surface area contributed by atoms with Crippen molar-refractivity contribution in [2.75, 3.05) is 18.5 Å². The van der Waals surface area contributed by atoms with Gasteiger partial charge in [0.2, 0.25) is 5.91 Å². The molecule has 0 unspecified atom stereocenters. The van der Waals surface area contributed by atoms with E-state index in [9.17, 15) is 18.0 Å². The Kier molecular flexibility index (Phi) is 5.73. The Morgan fingerprint density at radius 3 is 2.71 bits per heavy atom. The van der Waals surface area contributed by atoms with Crippen molar-refractivity contribution in [3.63, 3.8) is 0 Å². The fraction of sp³-hybridized carbons (Fsp3) is 0.312. The van der Waals surface area contributed by atoms with Gasteiger partial charge in [0.15, 0.2) is 6.61 Å². The van der Waals surface area contributed by atoms with E-state index in [-0.39, 0.29) is 24.7 Å². The van der Waals surface area contributed by atoms with Gasteiger partial charge in [0, 0.05) is 5.69 Å². The summed E-state index contributed by atoms with van der Waals surface area (Å²) in [5.74, 6) is 0.562. The first-order valence-corrected chi connectivity index (χ1v) is 7.16. The van der Waals surface area contributed by atoms with E-state index in [0.29, 0.717) is 17.0 Å². The topological polar surface area (TPSA) is 63.5 Å². The number of carbonyl (C=O) groups excluding carboxylic acids is 1. The smallest absolute Gasteiger partial charge is 0.422 e. The lowest BCUT2D eigenvalue weighted by molar-refractivity contribution is -0.153. The van der Waals surface area contributed by atoms with Crippen molar-refractivity contribution >= 4 is 11.6 Å². The summed E-state index contributed by atoms with van der Waals surface area (Å²) in [4.78, 5) is 11.7. The molecule has 1 aromatic heterocycles. The third-order valence-corrected chi connectivity index (χ3v) is 3.06. The van der Waals surface area contributed by atoms with Crippen molar-refractivity contribution in [3.8, 4) is 5.75 Å². The Bertz CT molecular complexity index is 670. The molecular weight excluding hydrogens is 325 g/mol. The second kappa shape index (κ2) is 7.76. The fourth-order valence-electron chi connectivity index (χ4n) is 1.92. The van der Waals surface area contributed by atoms with Gasteiger partial charge in [0.1, 0.15) is 11.5 Å². The summed E-state index contributed by atoms with van der Waals surface area (Å²) in [6, 6.07) is 8.08. The highest BCUT2D eigenvalue weighted by Gasteiger charge is 2.28. The van der Waals surface area contributed by atoms with Crippen LogP contribution in [0.25, 0.3) is 0 Å². The van der Waals surface area contributed by atoms with Crippen molar-refractivity contribution in [1.82, 2.24) is 5.32 Å². The van der Waals surface area contributed by atoms with E-state index >= 15 is 0 Å². The molecule has 130 valence electrons. The van der Waals surface area contributed by atoms with E-state index in [1.54, 1.807) is 31.2 Å². The van der Waals surface area contributed by atoms with Gasteiger partial charge in [-0.3, -0.25) is 4.79 Å². The molecule has 2 rings (SSSR count). The van der Waals surface area contributed by atoms with Crippen molar-refractivity contribution < 1.29 is 27.1 Å². The molecule has 0 fully saturated rings. The number of carbonyl (C=O) groups is 1. The number of furan rings is 1. The van der Waals surface area contributed by atoms with Gasteiger partial charge in [-0.05, 0) is 42.8 Å². The Morgan fingerprint density at radius 1 is 1.29 bits per heavy atom. The van der Waals surface area contributed by atoms with Crippen molar-refractivity contribution in [2.45, 2.75) is 19.6 Å². The highest BCUT2D eigenvalue weighted by atomic mass is 19.4. The molecule has 0 atom stereocenters. The van der Waals surface area contributed by atoms with Crippen molar-refractivity contribution in [2.24, 2.45) is 0 Å². The largest absolute Gasteiger partial charge is 0.484 e. The second-order valence-electron chi connectivity index (χ2n) is 5.09. The average molecular weight is 342 g/mol. The molecule has 0 saturated carbocycles. The number of aryl methyl sites for hydroxylation is 1.